The minimum absolute atomic E-state index is 0.0995. The van der Waals surface area contributed by atoms with Gasteiger partial charge in [-0.25, -0.2) is 0 Å². The van der Waals surface area contributed by atoms with Crippen LogP contribution in [-0.4, -0.2) is 29.1 Å². The highest BCUT2D eigenvalue weighted by Crippen LogP contribution is 2.38. The van der Waals surface area contributed by atoms with Crippen molar-refractivity contribution < 1.29 is 14.7 Å². The van der Waals surface area contributed by atoms with Gasteiger partial charge in [0.2, 0.25) is 5.91 Å². The summed E-state index contributed by atoms with van der Waals surface area (Å²) in [6.45, 7) is 5.60. The van der Waals surface area contributed by atoms with Crippen molar-refractivity contribution in [3.8, 4) is 0 Å². The Morgan fingerprint density at radius 2 is 2.17 bits per heavy atom. The minimum Gasteiger partial charge on any atom is -0.481 e. The number of carboxylic acid groups (broad SMARTS) is 1. The van der Waals surface area contributed by atoms with E-state index in [1.807, 2.05) is 13.8 Å². The van der Waals surface area contributed by atoms with Crippen molar-refractivity contribution in [1.29, 1.82) is 0 Å². The van der Waals surface area contributed by atoms with Crippen molar-refractivity contribution in [3.05, 3.63) is 0 Å². The summed E-state index contributed by atoms with van der Waals surface area (Å²) in [6, 6.07) is -0.869. The molecule has 1 aliphatic rings. The predicted octanol–water partition coefficient (Wildman–Crippen LogP) is 1.12. The van der Waals surface area contributed by atoms with Gasteiger partial charge in [-0.05, 0) is 25.7 Å². The Balaban J connectivity index is 2.67. The van der Waals surface area contributed by atoms with Gasteiger partial charge in [0.15, 0.2) is 0 Å². The van der Waals surface area contributed by atoms with Gasteiger partial charge in [0.05, 0.1) is 11.5 Å². The quantitative estimate of drug-likeness (QED) is 0.687. The number of aliphatic carboxylic acids is 1. The van der Waals surface area contributed by atoms with Crippen molar-refractivity contribution >= 4 is 11.9 Å². The molecule has 0 aromatic rings. The third kappa shape index (κ3) is 2.83. The monoisotopic (exact) mass is 256 g/mol. The lowest BCUT2D eigenvalue weighted by Gasteiger charge is -2.29. The molecule has 0 heterocycles. The number of nitrogens with one attached hydrogen (secondary N) is 1. The molecule has 104 valence electrons. The first-order valence-corrected chi connectivity index (χ1v) is 6.62. The summed E-state index contributed by atoms with van der Waals surface area (Å²) in [5.41, 5.74) is 5.00. The number of amides is 1. The lowest BCUT2D eigenvalue weighted by Crippen LogP contribution is -2.53. The molecule has 1 saturated carbocycles. The van der Waals surface area contributed by atoms with Crippen LogP contribution in [0.3, 0.4) is 0 Å². The number of carbonyl (C=O) groups excluding carboxylic acids is 1. The van der Waals surface area contributed by atoms with E-state index in [1.54, 1.807) is 6.92 Å². The number of hydrogen-bond acceptors (Lipinski definition) is 3. The van der Waals surface area contributed by atoms with Gasteiger partial charge in [-0.3, -0.25) is 9.59 Å². The van der Waals surface area contributed by atoms with Crippen LogP contribution < -0.4 is 11.1 Å². The van der Waals surface area contributed by atoms with Crippen molar-refractivity contribution in [2.24, 2.45) is 17.1 Å². The molecule has 0 radical (unpaired) electrons. The largest absolute Gasteiger partial charge is 0.481 e. The van der Waals surface area contributed by atoms with E-state index in [1.165, 1.54) is 0 Å². The third-order valence-electron chi connectivity index (χ3n) is 4.32. The average molecular weight is 256 g/mol. The zero-order chi connectivity index (χ0) is 13.9. The molecule has 0 spiro atoms. The lowest BCUT2D eigenvalue weighted by molar-refractivity contribution is -0.149. The Morgan fingerprint density at radius 3 is 2.67 bits per heavy atom. The van der Waals surface area contributed by atoms with E-state index in [4.69, 9.17) is 5.73 Å². The van der Waals surface area contributed by atoms with E-state index in [-0.39, 0.29) is 17.9 Å². The maximum absolute atomic E-state index is 12.0. The van der Waals surface area contributed by atoms with Crippen LogP contribution in [0.15, 0.2) is 0 Å². The second-order valence-electron chi connectivity index (χ2n) is 5.59. The Hall–Kier alpha value is -1.10. The highest BCUT2D eigenvalue weighted by Gasteiger charge is 2.46. The summed E-state index contributed by atoms with van der Waals surface area (Å²) < 4.78 is 0. The fourth-order valence-electron chi connectivity index (χ4n) is 2.43. The Labute approximate surface area is 108 Å². The SMILES string of the molecule is CC[C@H](C)[C@H](N)C(=O)NC1CCCC1(C)C(=O)O. The van der Waals surface area contributed by atoms with Crippen LogP contribution in [0.25, 0.3) is 0 Å². The molecular weight excluding hydrogens is 232 g/mol. The van der Waals surface area contributed by atoms with Gasteiger partial charge in [0.25, 0.3) is 0 Å². The highest BCUT2D eigenvalue weighted by molar-refractivity contribution is 5.84. The molecule has 18 heavy (non-hydrogen) atoms. The molecule has 0 aromatic carbocycles. The van der Waals surface area contributed by atoms with E-state index >= 15 is 0 Å². The average Bonchev–Trinajstić information content (AvgIpc) is 2.70. The van der Waals surface area contributed by atoms with Gasteiger partial charge < -0.3 is 16.2 Å². The summed E-state index contributed by atoms with van der Waals surface area (Å²) in [5.74, 6) is -0.978. The van der Waals surface area contributed by atoms with Gasteiger partial charge >= 0.3 is 5.97 Å². The van der Waals surface area contributed by atoms with E-state index in [0.29, 0.717) is 12.8 Å². The highest BCUT2D eigenvalue weighted by atomic mass is 16.4. The summed E-state index contributed by atoms with van der Waals surface area (Å²) in [5, 5.41) is 12.1. The Kier molecular flexibility index (Phi) is 4.73. The Bertz CT molecular complexity index is 332. The smallest absolute Gasteiger partial charge is 0.311 e. The summed E-state index contributed by atoms with van der Waals surface area (Å²) in [7, 11) is 0. The van der Waals surface area contributed by atoms with Crippen molar-refractivity contribution in [2.75, 3.05) is 0 Å². The van der Waals surface area contributed by atoms with Crippen LogP contribution in [0, 0.1) is 11.3 Å². The molecule has 2 unspecified atom stereocenters. The number of carboxylic acids is 1. The van der Waals surface area contributed by atoms with Gasteiger partial charge in [0.1, 0.15) is 0 Å². The first-order valence-electron chi connectivity index (χ1n) is 6.62. The van der Waals surface area contributed by atoms with Gasteiger partial charge in [0, 0.05) is 6.04 Å². The molecule has 1 fully saturated rings. The van der Waals surface area contributed by atoms with E-state index in [2.05, 4.69) is 5.32 Å². The molecule has 0 saturated heterocycles. The van der Waals surface area contributed by atoms with Crippen molar-refractivity contribution in [2.45, 2.75) is 58.5 Å². The summed E-state index contributed by atoms with van der Waals surface area (Å²) in [4.78, 5) is 23.3. The van der Waals surface area contributed by atoms with Gasteiger partial charge in [-0.2, -0.15) is 0 Å². The Morgan fingerprint density at radius 1 is 1.56 bits per heavy atom. The fourth-order valence-corrected chi connectivity index (χ4v) is 2.43. The topological polar surface area (TPSA) is 92.4 Å². The zero-order valence-corrected chi connectivity index (χ0v) is 11.4. The van der Waals surface area contributed by atoms with E-state index in [9.17, 15) is 14.7 Å². The van der Waals surface area contributed by atoms with Crippen LogP contribution in [0.2, 0.25) is 0 Å². The van der Waals surface area contributed by atoms with Crippen LogP contribution in [0.4, 0.5) is 0 Å². The molecule has 1 rings (SSSR count). The molecule has 1 aliphatic carbocycles. The van der Waals surface area contributed by atoms with Gasteiger partial charge in [-0.15, -0.1) is 0 Å². The third-order valence-corrected chi connectivity index (χ3v) is 4.32. The molecule has 4 atom stereocenters. The second kappa shape index (κ2) is 5.69. The maximum atomic E-state index is 12.0. The van der Waals surface area contributed by atoms with Gasteiger partial charge in [-0.1, -0.05) is 26.7 Å². The normalized spacial score (nSPS) is 30.8. The second-order valence-corrected chi connectivity index (χ2v) is 5.59. The minimum atomic E-state index is -0.856. The van der Waals surface area contributed by atoms with Crippen LogP contribution in [0.1, 0.15) is 46.5 Å². The molecule has 0 aromatic heterocycles. The van der Waals surface area contributed by atoms with Crippen LogP contribution >= 0.6 is 0 Å². The maximum Gasteiger partial charge on any atom is 0.311 e. The summed E-state index contributed by atoms with van der Waals surface area (Å²) >= 11 is 0. The number of hydrogen-bond donors (Lipinski definition) is 3. The van der Waals surface area contributed by atoms with E-state index < -0.39 is 17.4 Å². The number of nitrogens with two attached hydrogens (primary N) is 1. The van der Waals surface area contributed by atoms with Crippen LogP contribution in [0.5, 0.6) is 0 Å². The van der Waals surface area contributed by atoms with Crippen molar-refractivity contribution in [3.63, 3.8) is 0 Å². The van der Waals surface area contributed by atoms with Crippen LogP contribution in [-0.2, 0) is 9.59 Å². The lowest BCUT2D eigenvalue weighted by atomic mass is 9.84. The summed E-state index contributed by atoms with van der Waals surface area (Å²) in [6.07, 6.45) is 2.97. The molecular formula is C13H24N2O3. The first-order chi connectivity index (χ1) is 8.32. The molecule has 4 N–H and O–H groups in total. The number of carbonyl (C=O) groups is 2. The molecule has 0 bridgehead atoms. The molecule has 1 amide bonds. The fraction of sp³-hybridized carbons (Fsp3) is 0.846. The predicted molar refractivity (Wildman–Crippen MR) is 69.0 cm³/mol. The van der Waals surface area contributed by atoms with Crippen molar-refractivity contribution in [1.82, 2.24) is 5.32 Å². The standard InChI is InChI=1S/C13H24N2O3/c1-4-8(2)10(14)11(16)15-9-6-5-7-13(9,3)12(17)18/h8-10H,4-7,14H2,1-3H3,(H,15,16)(H,17,18)/t8-,9?,10-,13?/m0/s1. The first kappa shape index (κ1) is 15.0. The zero-order valence-electron chi connectivity index (χ0n) is 11.4. The number of rotatable bonds is 5. The van der Waals surface area contributed by atoms with E-state index in [0.717, 1.165) is 12.8 Å². The molecule has 5 heteroatoms. The molecule has 5 nitrogen and oxygen atoms in total. The molecule has 0 aliphatic heterocycles.